The lowest BCUT2D eigenvalue weighted by Gasteiger charge is -2.29. The van der Waals surface area contributed by atoms with Crippen LogP contribution in [0.2, 0.25) is 0 Å². The summed E-state index contributed by atoms with van der Waals surface area (Å²) in [7, 11) is 1.23. The summed E-state index contributed by atoms with van der Waals surface area (Å²) in [6.07, 6.45) is 108. The predicted molar refractivity (Wildman–Crippen MR) is 398 cm³/mol. The molecule has 3 unspecified atom stereocenters. The molecule has 0 heterocycles. The molecule has 0 aromatic carbocycles. The van der Waals surface area contributed by atoms with Crippen molar-refractivity contribution in [3.63, 3.8) is 0 Å². The molecule has 3 atom stereocenters. The Hall–Kier alpha value is -3.62. The fourth-order valence-corrected chi connectivity index (χ4v) is 11.2. The van der Waals surface area contributed by atoms with Gasteiger partial charge in [-0.2, -0.15) is 0 Å². The van der Waals surface area contributed by atoms with Gasteiger partial charge in [-0.1, -0.05) is 346 Å². The number of phosphoric ester groups is 1. The second-order valence-electron chi connectivity index (χ2n) is 26.3. The normalized spacial score (nSPS) is 14.4. The van der Waals surface area contributed by atoms with Crippen molar-refractivity contribution < 1.29 is 32.9 Å². The van der Waals surface area contributed by atoms with Gasteiger partial charge in [0.25, 0.3) is 7.82 Å². The van der Waals surface area contributed by atoms with Crippen LogP contribution in [0.25, 0.3) is 0 Å². The standard InChI is InChI=1S/C82H143N2O6P/c1-6-8-10-12-14-16-18-20-22-24-26-28-30-32-34-36-37-38-39-40-41-42-43-44-45-46-47-48-50-52-54-56-58-60-62-64-66-68-70-72-74-76-82(86)83-80(79-90-91(87,88)89-78-77-84(3,4)5)81(85)75-73-71-69-67-65-63-61-59-57-55-53-51-49-35-33-31-29-27-25-23-21-19-17-15-13-11-9-7-2/h8,10,14,16,20,22,26,28,32,34,37-38,40-41,43-44,46-47,50,52,65,67,73,75,80-81,85H,6-7,9,11-13,15,17-19,21,23-25,27,29-31,33,35-36,39,42,45,48-49,51,53-64,66,68-72,74,76-79H2,1-5H3,(H-,83,86,87,88)/b10-8-,16-14-,22-20-,28-26-,34-32-,38-37-,41-40-,44-43-,47-46-,52-50-,67-65+,75-73+. The average Bonchev–Trinajstić information content (AvgIpc) is 3.59. The molecule has 0 aromatic heterocycles. The summed E-state index contributed by atoms with van der Waals surface area (Å²) < 4.78 is 23.5. The van der Waals surface area contributed by atoms with Crippen LogP contribution in [0.15, 0.2) is 146 Å². The van der Waals surface area contributed by atoms with Gasteiger partial charge in [-0.3, -0.25) is 9.36 Å². The van der Waals surface area contributed by atoms with E-state index in [0.717, 1.165) is 116 Å². The highest BCUT2D eigenvalue weighted by molar-refractivity contribution is 7.45. The Morgan fingerprint density at radius 3 is 1.02 bits per heavy atom. The number of nitrogens with one attached hydrogen (secondary N) is 1. The summed E-state index contributed by atoms with van der Waals surface area (Å²) >= 11 is 0. The highest BCUT2D eigenvalue weighted by Crippen LogP contribution is 2.38. The molecule has 0 rings (SSSR count). The molecule has 0 aliphatic heterocycles. The number of likely N-dealkylation sites (N-methyl/N-ethyl adjacent to an activating group) is 1. The molecule has 0 spiro atoms. The number of hydrogen-bond donors (Lipinski definition) is 2. The van der Waals surface area contributed by atoms with E-state index in [1.54, 1.807) is 6.08 Å². The maximum atomic E-state index is 13.1. The maximum Gasteiger partial charge on any atom is 0.268 e. The molecule has 522 valence electrons. The van der Waals surface area contributed by atoms with Gasteiger partial charge in [0.05, 0.1) is 39.9 Å². The summed E-state index contributed by atoms with van der Waals surface area (Å²) in [5.41, 5.74) is 0. The summed E-state index contributed by atoms with van der Waals surface area (Å²) in [5.74, 6) is -0.214. The van der Waals surface area contributed by atoms with Crippen LogP contribution in [0.1, 0.15) is 316 Å². The van der Waals surface area contributed by atoms with Gasteiger partial charge in [0, 0.05) is 6.42 Å². The number of phosphoric acid groups is 1. The van der Waals surface area contributed by atoms with Crippen LogP contribution in [-0.2, 0) is 18.4 Å². The number of rotatable bonds is 68. The third-order valence-corrected chi connectivity index (χ3v) is 17.2. The lowest BCUT2D eigenvalue weighted by Crippen LogP contribution is -2.45. The number of aliphatic hydroxyl groups is 1. The molecule has 0 saturated heterocycles. The molecule has 0 aliphatic rings. The van der Waals surface area contributed by atoms with Gasteiger partial charge in [-0.05, 0) is 109 Å². The number of unbranched alkanes of at least 4 members (excludes halogenated alkanes) is 33. The second kappa shape index (κ2) is 70.7. The molecule has 0 aromatic rings. The first-order valence-corrected chi connectivity index (χ1v) is 39.2. The van der Waals surface area contributed by atoms with E-state index in [-0.39, 0.29) is 12.5 Å². The van der Waals surface area contributed by atoms with E-state index in [1.807, 2.05) is 27.2 Å². The molecule has 8 nitrogen and oxygen atoms in total. The van der Waals surface area contributed by atoms with Crippen molar-refractivity contribution in [1.82, 2.24) is 5.32 Å². The zero-order valence-corrected chi connectivity index (χ0v) is 60.6. The van der Waals surface area contributed by atoms with Gasteiger partial charge in [0.15, 0.2) is 0 Å². The maximum absolute atomic E-state index is 13.1. The van der Waals surface area contributed by atoms with Gasteiger partial charge in [0.1, 0.15) is 13.2 Å². The van der Waals surface area contributed by atoms with Crippen LogP contribution in [0.4, 0.5) is 0 Å². The van der Waals surface area contributed by atoms with E-state index in [9.17, 15) is 19.4 Å². The van der Waals surface area contributed by atoms with Crippen LogP contribution in [-0.4, -0.2) is 68.5 Å². The number of quaternary nitrogens is 1. The van der Waals surface area contributed by atoms with E-state index in [0.29, 0.717) is 17.4 Å². The van der Waals surface area contributed by atoms with E-state index in [2.05, 4.69) is 153 Å². The van der Waals surface area contributed by atoms with Gasteiger partial charge in [-0.15, -0.1) is 0 Å². The quantitative estimate of drug-likeness (QED) is 0.0272. The Morgan fingerprint density at radius 1 is 0.396 bits per heavy atom. The third-order valence-electron chi connectivity index (χ3n) is 16.3. The van der Waals surface area contributed by atoms with Crippen LogP contribution < -0.4 is 10.2 Å². The van der Waals surface area contributed by atoms with Crippen LogP contribution in [0.3, 0.4) is 0 Å². The topological polar surface area (TPSA) is 108 Å². The largest absolute Gasteiger partial charge is 0.756 e. The number of carbonyl (C=O) groups excluding carboxylic acids is 1. The summed E-state index contributed by atoms with van der Waals surface area (Å²) in [6, 6.07) is -0.918. The van der Waals surface area contributed by atoms with Crippen molar-refractivity contribution >= 4 is 13.7 Å². The number of aliphatic hydroxyl groups excluding tert-OH is 1. The molecule has 0 aliphatic carbocycles. The van der Waals surface area contributed by atoms with Crippen molar-refractivity contribution in [1.29, 1.82) is 0 Å². The minimum atomic E-state index is -4.62. The van der Waals surface area contributed by atoms with E-state index in [1.165, 1.54) is 180 Å². The Balaban J connectivity index is 4.13. The molecule has 1 amide bonds. The fourth-order valence-electron chi connectivity index (χ4n) is 10.5. The average molecular weight is 1280 g/mol. The van der Waals surface area contributed by atoms with Crippen molar-refractivity contribution in [2.45, 2.75) is 328 Å². The molecule has 2 N–H and O–H groups in total. The SMILES string of the molecule is CC/C=C\C/C=C\C/C=C\C/C=C\C/C=C\C/C=C\C/C=C\C/C=C\C/C=C\C/C=C\CCCCCCCCCCCCC(=O)NC(COP(=O)([O-])OCC[N+](C)(C)C)C(O)/C=C/CC/C=C/CCCCCCCCCCCCCCCCCCCCCCCC. The summed E-state index contributed by atoms with van der Waals surface area (Å²) in [5, 5.41) is 14.0. The minimum Gasteiger partial charge on any atom is -0.756 e. The molecule has 0 saturated carbocycles. The zero-order valence-electron chi connectivity index (χ0n) is 59.7. The van der Waals surface area contributed by atoms with Crippen LogP contribution >= 0.6 is 7.82 Å². The lowest BCUT2D eigenvalue weighted by molar-refractivity contribution is -0.870. The molecule has 0 radical (unpaired) electrons. The number of amides is 1. The molecule has 91 heavy (non-hydrogen) atoms. The molecular formula is C82H143N2O6P. The highest BCUT2D eigenvalue weighted by Gasteiger charge is 2.23. The monoisotopic (exact) mass is 1280 g/mol. The number of hydrogen-bond acceptors (Lipinski definition) is 6. The molecular weight excluding hydrogens is 1140 g/mol. The first kappa shape index (κ1) is 87.4. The van der Waals surface area contributed by atoms with E-state index >= 15 is 0 Å². The Morgan fingerprint density at radius 2 is 0.681 bits per heavy atom. The smallest absolute Gasteiger partial charge is 0.268 e. The lowest BCUT2D eigenvalue weighted by atomic mass is 10.0. The summed E-state index contributed by atoms with van der Waals surface area (Å²) in [4.78, 5) is 25.7. The highest BCUT2D eigenvalue weighted by atomic mass is 31.2. The van der Waals surface area contributed by atoms with Crippen molar-refractivity contribution in [2.24, 2.45) is 0 Å². The van der Waals surface area contributed by atoms with Crippen molar-refractivity contribution in [2.75, 3.05) is 40.9 Å². The number of nitrogens with zero attached hydrogens (tertiary/aromatic N) is 1. The minimum absolute atomic E-state index is 0.0132. The third kappa shape index (κ3) is 73.7. The Kier molecular flexibility index (Phi) is 67.9. The number of carbonyl (C=O) groups is 1. The predicted octanol–water partition coefficient (Wildman–Crippen LogP) is 24.1. The molecule has 0 bridgehead atoms. The summed E-state index contributed by atoms with van der Waals surface area (Å²) in [6.45, 7) is 4.53. The first-order chi connectivity index (χ1) is 44.5. The fraction of sp³-hybridized carbons (Fsp3) is 0.695. The Labute approximate surface area is 563 Å². The van der Waals surface area contributed by atoms with Crippen LogP contribution in [0, 0.1) is 0 Å². The zero-order chi connectivity index (χ0) is 66.2. The van der Waals surface area contributed by atoms with Gasteiger partial charge < -0.3 is 28.8 Å². The first-order valence-electron chi connectivity index (χ1n) is 37.7. The van der Waals surface area contributed by atoms with Crippen molar-refractivity contribution in [3.8, 4) is 0 Å². The van der Waals surface area contributed by atoms with Gasteiger partial charge in [-0.25, -0.2) is 0 Å². The van der Waals surface area contributed by atoms with E-state index in [4.69, 9.17) is 9.05 Å². The van der Waals surface area contributed by atoms with Gasteiger partial charge in [0.2, 0.25) is 5.91 Å². The molecule has 9 heteroatoms. The van der Waals surface area contributed by atoms with Crippen LogP contribution in [0.5, 0.6) is 0 Å². The Bertz CT molecular complexity index is 2000. The number of allylic oxidation sites excluding steroid dienone is 23. The second-order valence-corrected chi connectivity index (χ2v) is 27.7. The van der Waals surface area contributed by atoms with Crippen molar-refractivity contribution in [3.05, 3.63) is 146 Å². The molecule has 0 fully saturated rings. The van der Waals surface area contributed by atoms with E-state index < -0.39 is 26.6 Å². The van der Waals surface area contributed by atoms with Gasteiger partial charge >= 0.3 is 0 Å².